The van der Waals surface area contributed by atoms with Crippen LogP contribution in [-0.2, 0) is 9.53 Å². The minimum atomic E-state index is -0.0699. The molecule has 98 valence electrons. The largest absolute Gasteiger partial charge is 0.461 e. The van der Waals surface area contributed by atoms with Gasteiger partial charge in [0.15, 0.2) is 0 Å². The zero-order chi connectivity index (χ0) is 13.3. The average Bonchev–Trinajstić information content (AvgIpc) is 2.63. The average molecular weight is 264 g/mol. The van der Waals surface area contributed by atoms with E-state index in [1.807, 2.05) is 0 Å². The second kappa shape index (κ2) is 4.96. The predicted octanol–water partition coefficient (Wildman–Crippen LogP) is 3.82. The fourth-order valence-corrected chi connectivity index (χ4v) is 3.62. The van der Waals surface area contributed by atoms with E-state index < -0.39 is 0 Å². The Morgan fingerprint density at radius 2 is 1.83 bits per heavy atom. The number of hydrogen-bond acceptors (Lipinski definition) is 3. The molecule has 1 fully saturated rings. The topological polar surface area (TPSA) is 26.3 Å². The van der Waals surface area contributed by atoms with Crippen LogP contribution in [0.1, 0.15) is 32.8 Å². The fourth-order valence-electron chi connectivity index (χ4n) is 2.17. The maximum absolute atomic E-state index is 11.5. The van der Waals surface area contributed by atoms with Crippen LogP contribution in [0.5, 0.6) is 0 Å². The van der Waals surface area contributed by atoms with Gasteiger partial charge in [-0.2, -0.15) is 0 Å². The molecule has 0 spiro atoms. The minimum Gasteiger partial charge on any atom is -0.461 e. The Morgan fingerprint density at radius 1 is 1.22 bits per heavy atom. The smallest absolute Gasteiger partial charge is 0.307 e. The van der Waals surface area contributed by atoms with E-state index in [0.29, 0.717) is 6.42 Å². The summed E-state index contributed by atoms with van der Waals surface area (Å²) < 4.78 is 5.47. The van der Waals surface area contributed by atoms with Crippen molar-refractivity contribution in [1.29, 1.82) is 0 Å². The number of esters is 1. The van der Waals surface area contributed by atoms with E-state index in [1.165, 1.54) is 10.5 Å². The molecule has 2 rings (SSSR count). The quantitative estimate of drug-likeness (QED) is 0.760. The Bertz CT molecular complexity index is 431. The van der Waals surface area contributed by atoms with E-state index in [1.54, 1.807) is 11.8 Å². The number of hydrogen-bond donors (Lipinski definition) is 0. The summed E-state index contributed by atoms with van der Waals surface area (Å²) in [7, 11) is 0. The predicted molar refractivity (Wildman–Crippen MR) is 74.8 cm³/mol. The zero-order valence-electron chi connectivity index (χ0n) is 11.4. The highest BCUT2D eigenvalue weighted by Gasteiger charge is 2.42. The molecule has 0 saturated carbocycles. The monoisotopic (exact) mass is 264 g/mol. The molecule has 0 bridgehead atoms. The molecule has 1 heterocycles. The molecule has 0 aliphatic carbocycles. The normalized spacial score (nSPS) is 24.1. The summed E-state index contributed by atoms with van der Waals surface area (Å²) in [6.45, 7) is 8.45. The molecule has 2 atom stereocenters. The van der Waals surface area contributed by atoms with Crippen molar-refractivity contribution in [2.24, 2.45) is 5.41 Å². The van der Waals surface area contributed by atoms with Gasteiger partial charge < -0.3 is 4.74 Å². The molecule has 1 aromatic carbocycles. The van der Waals surface area contributed by atoms with E-state index in [4.69, 9.17) is 4.74 Å². The van der Waals surface area contributed by atoms with Crippen molar-refractivity contribution in [3.63, 3.8) is 0 Å². The summed E-state index contributed by atoms with van der Waals surface area (Å²) in [5, 5.41) is 0.222. The van der Waals surface area contributed by atoms with Crippen molar-refractivity contribution >= 4 is 17.7 Å². The van der Waals surface area contributed by atoms with E-state index in [0.717, 1.165) is 0 Å². The molecule has 3 heteroatoms. The van der Waals surface area contributed by atoms with Gasteiger partial charge in [0.05, 0.1) is 11.7 Å². The Hall–Kier alpha value is -0.960. The van der Waals surface area contributed by atoms with Crippen LogP contribution in [0.4, 0.5) is 0 Å². The molecule has 2 nitrogen and oxygen atoms in total. The van der Waals surface area contributed by atoms with Gasteiger partial charge in [0.1, 0.15) is 6.10 Å². The molecule has 18 heavy (non-hydrogen) atoms. The van der Waals surface area contributed by atoms with Crippen molar-refractivity contribution in [1.82, 2.24) is 0 Å². The summed E-state index contributed by atoms with van der Waals surface area (Å²) in [5.41, 5.74) is 1.25. The first kappa shape index (κ1) is 13.5. The van der Waals surface area contributed by atoms with Gasteiger partial charge in [-0.3, -0.25) is 4.79 Å². The maximum Gasteiger partial charge on any atom is 0.307 e. The second-order valence-electron chi connectivity index (χ2n) is 5.95. The highest BCUT2D eigenvalue weighted by Crippen LogP contribution is 2.40. The van der Waals surface area contributed by atoms with Crippen LogP contribution in [0.2, 0.25) is 0 Å². The first-order valence-electron chi connectivity index (χ1n) is 6.29. The Balaban J connectivity index is 2.12. The van der Waals surface area contributed by atoms with Crippen LogP contribution in [-0.4, -0.2) is 17.3 Å². The maximum atomic E-state index is 11.5. The van der Waals surface area contributed by atoms with Crippen molar-refractivity contribution in [3.8, 4) is 0 Å². The number of rotatable bonds is 2. The first-order valence-corrected chi connectivity index (χ1v) is 7.17. The molecule has 0 N–H and O–H groups in total. The minimum absolute atomic E-state index is 0.00342. The molecule has 0 unspecified atom stereocenters. The van der Waals surface area contributed by atoms with Crippen molar-refractivity contribution in [2.75, 3.05) is 0 Å². The second-order valence-corrected chi connectivity index (χ2v) is 7.26. The Morgan fingerprint density at radius 3 is 2.39 bits per heavy atom. The molecule has 0 aromatic heterocycles. The lowest BCUT2D eigenvalue weighted by Gasteiger charge is -2.29. The Labute approximate surface area is 113 Å². The third-order valence-electron chi connectivity index (χ3n) is 3.13. The Kier molecular flexibility index (Phi) is 3.71. The molecule has 1 aliphatic rings. The lowest BCUT2D eigenvalue weighted by atomic mass is 9.87. The zero-order valence-corrected chi connectivity index (χ0v) is 12.2. The number of carbonyl (C=O) groups is 1. The molecule has 1 saturated heterocycles. The standard InChI is InChI=1S/C15H20O2S/c1-10-5-7-11(8-6-10)18-12-9-13(16)17-14(12)15(2,3)4/h5-8,12,14H,9H2,1-4H3/t12-,14-/m1/s1. The number of aryl methyl sites for hydroxylation is 1. The third kappa shape index (κ3) is 3.08. The van der Waals surface area contributed by atoms with Gasteiger partial charge in [-0.15, -0.1) is 11.8 Å². The summed E-state index contributed by atoms with van der Waals surface area (Å²) >= 11 is 1.75. The lowest BCUT2D eigenvalue weighted by molar-refractivity contribution is -0.144. The summed E-state index contributed by atoms with van der Waals surface area (Å²) in [6, 6.07) is 8.43. The van der Waals surface area contributed by atoms with Crippen LogP contribution in [0.15, 0.2) is 29.2 Å². The van der Waals surface area contributed by atoms with E-state index in [-0.39, 0.29) is 22.7 Å². The number of benzene rings is 1. The van der Waals surface area contributed by atoms with Gasteiger partial charge in [-0.25, -0.2) is 0 Å². The van der Waals surface area contributed by atoms with Crippen LogP contribution in [0.3, 0.4) is 0 Å². The fraction of sp³-hybridized carbons (Fsp3) is 0.533. The van der Waals surface area contributed by atoms with Crippen LogP contribution in [0, 0.1) is 12.3 Å². The molecular formula is C15H20O2S. The molecule has 1 aliphatic heterocycles. The molecule has 0 amide bonds. The van der Waals surface area contributed by atoms with Gasteiger partial charge in [0.2, 0.25) is 0 Å². The SMILES string of the molecule is Cc1ccc(S[C@@H]2CC(=O)O[C@H]2C(C)(C)C)cc1. The number of cyclic esters (lactones) is 1. The lowest BCUT2D eigenvalue weighted by Crippen LogP contribution is -2.33. The van der Waals surface area contributed by atoms with Gasteiger partial charge in [0, 0.05) is 10.3 Å². The van der Waals surface area contributed by atoms with Crippen molar-refractivity contribution in [3.05, 3.63) is 29.8 Å². The van der Waals surface area contributed by atoms with E-state index in [9.17, 15) is 4.79 Å². The number of carbonyl (C=O) groups excluding carboxylic acids is 1. The first-order chi connectivity index (χ1) is 8.36. The van der Waals surface area contributed by atoms with Crippen LogP contribution >= 0.6 is 11.8 Å². The van der Waals surface area contributed by atoms with Crippen LogP contribution < -0.4 is 0 Å². The summed E-state index contributed by atoms with van der Waals surface area (Å²) in [6.07, 6.45) is 0.511. The van der Waals surface area contributed by atoms with Gasteiger partial charge in [-0.05, 0) is 19.1 Å². The number of thioether (sulfide) groups is 1. The highest BCUT2D eigenvalue weighted by atomic mass is 32.2. The van der Waals surface area contributed by atoms with E-state index >= 15 is 0 Å². The third-order valence-corrected chi connectivity index (χ3v) is 4.39. The van der Waals surface area contributed by atoms with Gasteiger partial charge >= 0.3 is 5.97 Å². The van der Waals surface area contributed by atoms with Crippen molar-refractivity contribution in [2.45, 2.75) is 50.4 Å². The number of ether oxygens (including phenoxy) is 1. The summed E-state index contributed by atoms with van der Waals surface area (Å²) in [4.78, 5) is 12.7. The van der Waals surface area contributed by atoms with Crippen molar-refractivity contribution < 1.29 is 9.53 Å². The molecule has 1 aromatic rings. The van der Waals surface area contributed by atoms with E-state index in [2.05, 4.69) is 52.0 Å². The molecular weight excluding hydrogens is 244 g/mol. The summed E-state index contributed by atoms with van der Waals surface area (Å²) in [5.74, 6) is -0.0699. The van der Waals surface area contributed by atoms with Gasteiger partial charge in [0.25, 0.3) is 0 Å². The molecule has 0 radical (unpaired) electrons. The van der Waals surface area contributed by atoms with Crippen LogP contribution in [0.25, 0.3) is 0 Å². The highest BCUT2D eigenvalue weighted by molar-refractivity contribution is 8.00. The van der Waals surface area contributed by atoms with Gasteiger partial charge in [-0.1, -0.05) is 38.5 Å².